The number of hydrogen-bond donors (Lipinski definition) is 3. The van der Waals surface area contributed by atoms with Gasteiger partial charge in [-0.05, 0) is 12.1 Å². The Labute approximate surface area is 78.7 Å². The SMILES string of the molecule is CC(CC(=O)O)NC(=O)c1nn[nH]n1. The molecule has 0 aliphatic heterocycles. The molecule has 0 radical (unpaired) electrons. The molecule has 0 aromatic carbocycles. The van der Waals surface area contributed by atoms with Crippen molar-refractivity contribution in [3.05, 3.63) is 5.82 Å². The van der Waals surface area contributed by atoms with Crippen LogP contribution in [0.4, 0.5) is 0 Å². The Morgan fingerprint density at radius 1 is 1.64 bits per heavy atom. The lowest BCUT2D eigenvalue weighted by atomic mass is 10.2. The van der Waals surface area contributed by atoms with E-state index >= 15 is 0 Å². The zero-order valence-electron chi connectivity index (χ0n) is 7.39. The molecule has 0 fully saturated rings. The first-order valence-electron chi connectivity index (χ1n) is 3.85. The second-order valence-electron chi connectivity index (χ2n) is 2.71. The van der Waals surface area contributed by atoms with Crippen LogP contribution in [0.3, 0.4) is 0 Å². The van der Waals surface area contributed by atoms with E-state index in [-0.39, 0.29) is 12.2 Å². The maximum absolute atomic E-state index is 11.2. The van der Waals surface area contributed by atoms with E-state index in [0.29, 0.717) is 0 Å². The highest BCUT2D eigenvalue weighted by Crippen LogP contribution is 1.92. The average molecular weight is 199 g/mol. The number of carboxylic acids is 1. The van der Waals surface area contributed by atoms with Crippen molar-refractivity contribution in [1.82, 2.24) is 25.9 Å². The maximum atomic E-state index is 11.2. The Morgan fingerprint density at radius 2 is 2.36 bits per heavy atom. The van der Waals surface area contributed by atoms with Gasteiger partial charge in [-0.3, -0.25) is 9.59 Å². The third-order valence-corrected chi connectivity index (χ3v) is 1.41. The molecular formula is C6H9N5O3. The molecule has 0 saturated heterocycles. The number of hydrogen-bond acceptors (Lipinski definition) is 5. The van der Waals surface area contributed by atoms with Crippen LogP contribution in [0.1, 0.15) is 24.0 Å². The lowest BCUT2D eigenvalue weighted by Crippen LogP contribution is -2.34. The predicted molar refractivity (Wildman–Crippen MR) is 43.4 cm³/mol. The molecule has 1 amide bonds. The molecule has 1 aromatic heterocycles. The second-order valence-corrected chi connectivity index (χ2v) is 2.71. The van der Waals surface area contributed by atoms with Crippen molar-refractivity contribution in [2.45, 2.75) is 19.4 Å². The van der Waals surface area contributed by atoms with Crippen molar-refractivity contribution in [2.75, 3.05) is 0 Å². The highest BCUT2D eigenvalue weighted by atomic mass is 16.4. The number of aliphatic carboxylic acids is 1. The fourth-order valence-electron chi connectivity index (χ4n) is 0.859. The maximum Gasteiger partial charge on any atom is 0.305 e. The molecule has 1 aromatic rings. The summed E-state index contributed by atoms with van der Waals surface area (Å²) < 4.78 is 0. The standard InChI is InChI=1S/C6H9N5O3/c1-3(2-4(12)13)7-6(14)5-8-10-11-9-5/h3H,2H2,1H3,(H,7,14)(H,12,13)(H,8,9,10,11). The largest absolute Gasteiger partial charge is 0.481 e. The Hall–Kier alpha value is -1.99. The van der Waals surface area contributed by atoms with Gasteiger partial charge in [-0.25, -0.2) is 0 Å². The zero-order valence-corrected chi connectivity index (χ0v) is 7.39. The van der Waals surface area contributed by atoms with Crippen LogP contribution in [-0.2, 0) is 4.79 Å². The molecule has 0 spiro atoms. The number of nitrogens with zero attached hydrogens (tertiary/aromatic N) is 3. The van der Waals surface area contributed by atoms with Gasteiger partial charge in [0, 0.05) is 6.04 Å². The predicted octanol–water partition coefficient (Wildman–Crippen LogP) is -1.21. The molecule has 3 N–H and O–H groups in total. The number of tetrazole rings is 1. The third kappa shape index (κ3) is 2.81. The van der Waals surface area contributed by atoms with Crippen LogP contribution in [0.5, 0.6) is 0 Å². The minimum atomic E-state index is -0.981. The second kappa shape index (κ2) is 4.30. The van der Waals surface area contributed by atoms with Crippen molar-refractivity contribution in [1.29, 1.82) is 0 Å². The van der Waals surface area contributed by atoms with Gasteiger partial charge in [-0.2, -0.15) is 5.21 Å². The van der Waals surface area contributed by atoms with Gasteiger partial charge in [0.25, 0.3) is 11.7 Å². The molecule has 0 bridgehead atoms. The van der Waals surface area contributed by atoms with Crippen LogP contribution in [0.15, 0.2) is 0 Å². The quantitative estimate of drug-likeness (QED) is 0.559. The topological polar surface area (TPSA) is 121 Å². The molecule has 8 nitrogen and oxygen atoms in total. The molecule has 1 rings (SSSR count). The fourth-order valence-corrected chi connectivity index (χ4v) is 0.859. The number of aromatic amines is 1. The molecule has 0 aliphatic rings. The van der Waals surface area contributed by atoms with Crippen molar-refractivity contribution in [2.24, 2.45) is 0 Å². The highest BCUT2D eigenvalue weighted by Gasteiger charge is 2.15. The average Bonchev–Trinajstić information content (AvgIpc) is 2.53. The summed E-state index contributed by atoms with van der Waals surface area (Å²) in [5.41, 5.74) is 0. The number of rotatable bonds is 4. The van der Waals surface area contributed by atoms with E-state index in [9.17, 15) is 9.59 Å². The number of carboxylic acid groups (broad SMARTS) is 1. The Kier molecular flexibility index (Phi) is 3.10. The van der Waals surface area contributed by atoms with Gasteiger partial charge in [0.2, 0.25) is 0 Å². The summed E-state index contributed by atoms with van der Waals surface area (Å²) in [6, 6.07) is -0.474. The van der Waals surface area contributed by atoms with Gasteiger partial charge in [-0.1, -0.05) is 0 Å². The van der Waals surface area contributed by atoms with Crippen LogP contribution in [0.2, 0.25) is 0 Å². The van der Waals surface area contributed by atoms with E-state index in [1.54, 1.807) is 6.92 Å². The summed E-state index contributed by atoms with van der Waals surface area (Å²) in [5, 5.41) is 23.0. The van der Waals surface area contributed by atoms with Crippen LogP contribution >= 0.6 is 0 Å². The van der Waals surface area contributed by atoms with Crippen molar-refractivity contribution in [3.8, 4) is 0 Å². The van der Waals surface area contributed by atoms with Crippen LogP contribution in [-0.4, -0.2) is 43.6 Å². The van der Waals surface area contributed by atoms with Crippen LogP contribution < -0.4 is 5.32 Å². The van der Waals surface area contributed by atoms with Crippen molar-refractivity contribution in [3.63, 3.8) is 0 Å². The third-order valence-electron chi connectivity index (χ3n) is 1.41. The summed E-state index contributed by atoms with van der Waals surface area (Å²) in [7, 11) is 0. The molecule has 14 heavy (non-hydrogen) atoms. The highest BCUT2D eigenvalue weighted by molar-refractivity contribution is 5.90. The summed E-state index contributed by atoms with van der Waals surface area (Å²) >= 11 is 0. The van der Waals surface area contributed by atoms with Crippen LogP contribution in [0, 0.1) is 0 Å². The van der Waals surface area contributed by atoms with E-state index in [2.05, 4.69) is 25.9 Å². The van der Waals surface area contributed by atoms with Crippen molar-refractivity contribution < 1.29 is 14.7 Å². The van der Waals surface area contributed by atoms with Gasteiger partial charge < -0.3 is 10.4 Å². The summed E-state index contributed by atoms with van der Waals surface area (Å²) in [6.45, 7) is 1.58. The van der Waals surface area contributed by atoms with Gasteiger partial charge in [0.05, 0.1) is 6.42 Å². The molecule has 0 aliphatic carbocycles. The van der Waals surface area contributed by atoms with Gasteiger partial charge in [0.1, 0.15) is 0 Å². The van der Waals surface area contributed by atoms with E-state index in [1.165, 1.54) is 0 Å². The van der Waals surface area contributed by atoms with E-state index in [0.717, 1.165) is 0 Å². The minimum Gasteiger partial charge on any atom is -0.481 e. The van der Waals surface area contributed by atoms with E-state index in [1.807, 2.05) is 0 Å². The summed E-state index contributed by atoms with van der Waals surface area (Å²) in [5.74, 6) is -1.64. The molecule has 0 saturated carbocycles. The number of amides is 1. The first-order valence-corrected chi connectivity index (χ1v) is 3.85. The minimum absolute atomic E-state index is 0.109. The molecule has 76 valence electrons. The lowest BCUT2D eigenvalue weighted by Gasteiger charge is -2.08. The molecule has 1 atom stereocenters. The molecule has 8 heteroatoms. The Bertz CT molecular complexity index is 322. The number of nitrogens with one attached hydrogen (secondary N) is 2. The lowest BCUT2D eigenvalue weighted by molar-refractivity contribution is -0.137. The van der Waals surface area contributed by atoms with E-state index < -0.39 is 17.9 Å². The first kappa shape index (κ1) is 10.1. The normalized spacial score (nSPS) is 12.1. The molecule has 1 unspecified atom stereocenters. The first-order chi connectivity index (χ1) is 6.59. The number of aromatic nitrogens is 4. The van der Waals surface area contributed by atoms with Gasteiger partial charge >= 0.3 is 5.97 Å². The Balaban J connectivity index is 2.45. The van der Waals surface area contributed by atoms with Gasteiger partial charge in [-0.15, -0.1) is 10.2 Å². The zero-order chi connectivity index (χ0) is 10.6. The Morgan fingerprint density at radius 3 is 2.86 bits per heavy atom. The summed E-state index contributed by atoms with van der Waals surface area (Å²) in [6.07, 6.45) is -0.149. The number of H-pyrrole nitrogens is 1. The van der Waals surface area contributed by atoms with E-state index in [4.69, 9.17) is 5.11 Å². The van der Waals surface area contributed by atoms with Gasteiger partial charge in [0.15, 0.2) is 0 Å². The fraction of sp³-hybridized carbons (Fsp3) is 0.500. The number of carbonyl (C=O) groups is 2. The molecular weight excluding hydrogens is 190 g/mol. The molecule has 1 heterocycles. The summed E-state index contributed by atoms with van der Waals surface area (Å²) in [4.78, 5) is 21.5. The smallest absolute Gasteiger partial charge is 0.305 e. The van der Waals surface area contributed by atoms with Crippen LogP contribution in [0.25, 0.3) is 0 Å². The number of carbonyl (C=O) groups excluding carboxylic acids is 1. The monoisotopic (exact) mass is 199 g/mol. The van der Waals surface area contributed by atoms with Crippen molar-refractivity contribution >= 4 is 11.9 Å².